The normalized spacial score (nSPS) is 21.9. The maximum Gasteiger partial charge on any atom is 0.0434 e. The minimum absolute atomic E-state index is 0.0689. The largest absolute Gasteiger partial charge is 0.396 e. The van der Waals surface area contributed by atoms with Crippen LogP contribution in [0.15, 0.2) is 24.3 Å². The van der Waals surface area contributed by atoms with E-state index in [4.69, 9.17) is 10.8 Å². The summed E-state index contributed by atoms with van der Waals surface area (Å²) < 4.78 is 0. The molecule has 0 radical (unpaired) electrons. The van der Waals surface area contributed by atoms with Crippen molar-refractivity contribution in [3.63, 3.8) is 0 Å². The molecule has 0 aromatic heterocycles. The van der Waals surface area contributed by atoms with Crippen molar-refractivity contribution in [1.82, 2.24) is 0 Å². The van der Waals surface area contributed by atoms with Gasteiger partial charge in [0.25, 0.3) is 0 Å². The van der Waals surface area contributed by atoms with Crippen LogP contribution < -0.4 is 10.6 Å². The summed E-state index contributed by atoms with van der Waals surface area (Å²) in [4.78, 5) is 2.43. The molecule has 1 aromatic carbocycles. The lowest BCUT2D eigenvalue weighted by Gasteiger charge is -2.36. The molecule has 2 unspecified atom stereocenters. The van der Waals surface area contributed by atoms with Gasteiger partial charge in [0.05, 0.1) is 0 Å². The first kappa shape index (κ1) is 13.4. The highest BCUT2D eigenvalue weighted by Crippen LogP contribution is 2.29. The van der Waals surface area contributed by atoms with Crippen molar-refractivity contribution in [1.29, 1.82) is 0 Å². The lowest BCUT2D eigenvalue weighted by molar-refractivity contribution is 0.244. The van der Waals surface area contributed by atoms with Crippen molar-refractivity contribution >= 4 is 5.69 Å². The highest BCUT2D eigenvalue weighted by molar-refractivity contribution is 5.55. The molecule has 0 spiro atoms. The Morgan fingerprint density at radius 3 is 2.94 bits per heavy atom. The van der Waals surface area contributed by atoms with E-state index in [1.54, 1.807) is 0 Å². The molecule has 0 aliphatic carbocycles. The summed E-state index contributed by atoms with van der Waals surface area (Å²) in [5.41, 5.74) is 8.55. The van der Waals surface area contributed by atoms with Gasteiger partial charge < -0.3 is 15.7 Å². The van der Waals surface area contributed by atoms with Crippen molar-refractivity contribution in [2.45, 2.75) is 32.2 Å². The van der Waals surface area contributed by atoms with E-state index in [9.17, 15) is 0 Å². The smallest absolute Gasteiger partial charge is 0.0434 e. The Kier molecular flexibility index (Phi) is 4.61. The lowest BCUT2D eigenvalue weighted by Crippen LogP contribution is -2.36. The molecule has 1 saturated heterocycles. The Morgan fingerprint density at radius 2 is 2.22 bits per heavy atom. The van der Waals surface area contributed by atoms with Crippen LogP contribution >= 0.6 is 0 Å². The SMILES string of the molecule is CC(N)c1ccccc1N1CCCC(CCO)C1. The lowest BCUT2D eigenvalue weighted by atomic mass is 9.93. The average molecular weight is 248 g/mol. The predicted molar refractivity (Wildman–Crippen MR) is 75.7 cm³/mol. The Balaban J connectivity index is 2.15. The first-order valence-corrected chi connectivity index (χ1v) is 6.92. The molecule has 3 N–H and O–H groups in total. The van der Waals surface area contributed by atoms with Gasteiger partial charge in [0.1, 0.15) is 0 Å². The fourth-order valence-electron chi connectivity index (χ4n) is 2.86. The molecule has 3 heteroatoms. The summed E-state index contributed by atoms with van der Waals surface area (Å²) in [5.74, 6) is 0.616. The summed E-state index contributed by atoms with van der Waals surface area (Å²) >= 11 is 0. The highest BCUT2D eigenvalue weighted by atomic mass is 16.3. The van der Waals surface area contributed by atoms with Crippen molar-refractivity contribution in [3.05, 3.63) is 29.8 Å². The number of nitrogens with zero attached hydrogens (tertiary/aromatic N) is 1. The molecule has 1 heterocycles. The molecule has 18 heavy (non-hydrogen) atoms. The number of hydrogen-bond donors (Lipinski definition) is 2. The third kappa shape index (κ3) is 3.03. The molecular weight excluding hydrogens is 224 g/mol. The molecule has 0 saturated carbocycles. The minimum atomic E-state index is 0.0689. The molecule has 100 valence electrons. The van der Waals surface area contributed by atoms with Gasteiger partial charge >= 0.3 is 0 Å². The van der Waals surface area contributed by atoms with Crippen LogP contribution in [0.5, 0.6) is 0 Å². The number of anilines is 1. The van der Waals surface area contributed by atoms with Crippen molar-refractivity contribution in [3.8, 4) is 0 Å². The maximum absolute atomic E-state index is 9.08. The number of benzene rings is 1. The van der Waals surface area contributed by atoms with Gasteiger partial charge in [-0.2, -0.15) is 0 Å². The van der Waals surface area contributed by atoms with Gasteiger partial charge in [-0.3, -0.25) is 0 Å². The van der Waals surface area contributed by atoms with E-state index >= 15 is 0 Å². The summed E-state index contributed by atoms with van der Waals surface area (Å²) in [6.07, 6.45) is 3.35. The second-order valence-electron chi connectivity index (χ2n) is 5.31. The zero-order valence-corrected chi connectivity index (χ0v) is 11.2. The Hall–Kier alpha value is -1.06. The van der Waals surface area contributed by atoms with Crippen LogP contribution in [0.4, 0.5) is 5.69 Å². The minimum Gasteiger partial charge on any atom is -0.396 e. The highest BCUT2D eigenvalue weighted by Gasteiger charge is 2.21. The monoisotopic (exact) mass is 248 g/mol. The van der Waals surface area contributed by atoms with Gasteiger partial charge in [-0.05, 0) is 43.7 Å². The first-order chi connectivity index (χ1) is 8.72. The van der Waals surface area contributed by atoms with Crippen LogP contribution in [-0.4, -0.2) is 24.8 Å². The van der Waals surface area contributed by atoms with E-state index in [1.807, 2.05) is 6.92 Å². The first-order valence-electron chi connectivity index (χ1n) is 6.92. The van der Waals surface area contributed by atoms with Crippen LogP contribution in [-0.2, 0) is 0 Å². The maximum atomic E-state index is 9.08. The summed E-state index contributed by atoms with van der Waals surface area (Å²) in [7, 11) is 0. The van der Waals surface area contributed by atoms with Gasteiger partial charge in [0.2, 0.25) is 0 Å². The molecule has 1 aliphatic heterocycles. The van der Waals surface area contributed by atoms with Crippen LogP contribution in [0.25, 0.3) is 0 Å². The van der Waals surface area contributed by atoms with E-state index in [2.05, 4.69) is 29.2 Å². The molecule has 1 aromatic rings. The summed E-state index contributed by atoms with van der Waals surface area (Å²) in [5, 5.41) is 9.08. The molecule has 3 nitrogen and oxygen atoms in total. The number of piperidine rings is 1. The number of aliphatic hydroxyl groups excluding tert-OH is 1. The topological polar surface area (TPSA) is 49.5 Å². The van der Waals surface area contributed by atoms with E-state index in [0.717, 1.165) is 19.5 Å². The van der Waals surface area contributed by atoms with E-state index in [1.165, 1.54) is 24.1 Å². The fourth-order valence-corrected chi connectivity index (χ4v) is 2.86. The number of rotatable bonds is 4. The predicted octanol–water partition coefficient (Wildman–Crippen LogP) is 2.31. The molecule has 2 rings (SSSR count). The molecular formula is C15H24N2O. The van der Waals surface area contributed by atoms with Crippen molar-refractivity contribution in [2.75, 3.05) is 24.6 Å². The summed E-state index contributed by atoms with van der Waals surface area (Å²) in [6, 6.07) is 8.49. The number of hydrogen-bond acceptors (Lipinski definition) is 3. The number of aliphatic hydroxyl groups is 1. The van der Waals surface area contributed by atoms with Crippen LogP contribution in [0.3, 0.4) is 0 Å². The van der Waals surface area contributed by atoms with Crippen LogP contribution in [0.1, 0.15) is 37.8 Å². The summed E-state index contributed by atoms with van der Waals surface area (Å²) in [6.45, 7) is 4.48. The number of nitrogens with two attached hydrogens (primary N) is 1. The molecule has 0 amide bonds. The fraction of sp³-hybridized carbons (Fsp3) is 0.600. The standard InChI is InChI=1S/C15H24N2O/c1-12(16)14-6-2-3-7-15(14)17-9-4-5-13(11-17)8-10-18/h2-3,6-7,12-13,18H,4-5,8-11,16H2,1H3. The quantitative estimate of drug-likeness (QED) is 0.859. The third-order valence-electron chi connectivity index (χ3n) is 3.82. The van der Waals surface area contributed by atoms with E-state index in [0.29, 0.717) is 12.5 Å². The molecule has 0 bridgehead atoms. The van der Waals surface area contributed by atoms with Crippen LogP contribution in [0.2, 0.25) is 0 Å². The van der Waals surface area contributed by atoms with E-state index < -0.39 is 0 Å². The van der Waals surface area contributed by atoms with Crippen molar-refractivity contribution < 1.29 is 5.11 Å². The van der Waals surface area contributed by atoms with Gasteiger partial charge in [-0.15, -0.1) is 0 Å². The third-order valence-corrected chi connectivity index (χ3v) is 3.82. The van der Waals surface area contributed by atoms with Gasteiger partial charge in [-0.1, -0.05) is 18.2 Å². The van der Waals surface area contributed by atoms with E-state index in [-0.39, 0.29) is 6.04 Å². The van der Waals surface area contributed by atoms with Crippen LogP contribution in [0, 0.1) is 5.92 Å². The zero-order chi connectivity index (χ0) is 13.0. The second kappa shape index (κ2) is 6.21. The molecule has 1 fully saturated rings. The Labute approximate surface area is 110 Å². The molecule has 2 atom stereocenters. The average Bonchev–Trinajstić information content (AvgIpc) is 2.39. The molecule has 1 aliphatic rings. The van der Waals surface area contributed by atoms with Gasteiger partial charge in [-0.25, -0.2) is 0 Å². The van der Waals surface area contributed by atoms with Crippen molar-refractivity contribution in [2.24, 2.45) is 11.7 Å². The second-order valence-corrected chi connectivity index (χ2v) is 5.31. The Morgan fingerprint density at radius 1 is 1.44 bits per heavy atom. The van der Waals surface area contributed by atoms with Gasteiger partial charge in [0, 0.05) is 31.4 Å². The number of para-hydroxylation sites is 1. The zero-order valence-electron chi connectivity index (χ0n) is 11.2. The Bertz CT molecular complexity index is 377. The van der Waals surface area contributed by atoms with Gasteiger partial charge in [0.15, 0.2) is 0 Å².